The van der Waals surface area contributed by atoms with Crippen LogP contribution in [0.5, 0.6) is 0 Å². The number of aromatic nitrogens is 2. The topological polar surface area (TPSA) is 88.2 Å². The zero-order valence-corrected chi connectivity index (χ0v) is 4.24. The monoisotopic (exact) mass is 129 g/mol. The first kappa shape index (κ1) is 5.54. The highest BCUT2D eigenvalue weighted by atomic mass is 16.5. The van der Waals surface area contributed by atoms with E-state index in [-0.39, 0.29) is 5.88 Å². The molecular weight excluding hydrogens is 126 g/mol. The van der Waals surface area contributed by atoms with Gasteiger partial charge in [-0.15, -0.1) is 5.10 Å². The molecule has 0 atom stereocenters. The fraction of sp³-hybridized carbons (Fsp3) is 0. The van der Waals surface area contributed by atoms with Gasteiger partial charge in [-0.1, -0.05) is 0 Å². The molecule has 0 saturated carbocycles. The van der Waals surface area contributed by atoms with Crippen molar-refractivity contribution in [1.29, 1.82) is 0 Å². The third-order valence-electron chi connectivity index (χ3n) is 0.591. The summed E-state index contributed by atoms with van der Waals surface area (Å²) in [5, 5.41) is 16.2. The minimum absolute atomic E-state index is 0.0162. The van der Waals surface area contributed by atoms with Gasteiger partial charge < -0.3 is 9.63 Å². The molecule has 1 amide bonds. The van der Waals surface area contributed by atoms with E-state index in [0.717, 1.165) is 6.20 Å². The standard InChI is InChI=1S/C3H3N3O3/c7-3(8)5-2-1-4-6-9-2/h1,5H,(H,7,8). The quantitative estimate of drug-likeness (QED) is 0.563. The van der Waals surface area contributed by atoms with Crippen LogP contribution in [-0.2, 0) is 0 Å². The minimum Gasteiger partial charge on any atom is -0.465 e. The zero-order valence-electron chi connectivity index (χ0n) is 4.24. The molecule has 0 bridgehead atoms. The number of rotatable bonds is 1. The lowest BCUT2D eigenvalue weighted by Gasteiger charge is -1.87. The smallest absolute Gasteiger partial charge is 0.411 e. The van der Waals surface area contributed by atoms with Crippen molar-refractivity contribution in [3.63, 3.8) is 0 Å². The van der Waals surface area contributed by atoms with Gasteiger partial charge in [-0.05, 0) is 0 Å². The maximum Gasteiger partial charge on any atom is 0.411 e. The average Bonchev–Trinajstić information content (AvgIpc) is 2.15. The highest BCUT2D eigenvalue weighted by Gasteiger charge is 1.99. The van der Waals surface area contributed by atoms with Crippen molar-refractivity contribution in [1.82, 2.24) is 10.4 Å². The molecule has 0 fully saturated rings. The lowest BCUT2D eigenvalue weighted by molar-refractivity contribution is 0.208. The summed E-state index contributed by atoms with van der Waals surface area (Å²) in [4.78, 5) is 9.84. The summed E-state index contributed by atoms with van der Waals surface area (Å²) in [7, 11) is 0. The molecule has 0 aliphatic rings. The van der Waals surface area contributed by atoms with Crippen LogP contribution in [0.4, 0.5) is 10.7 Å². The highest BCUT2D eigenvalue weighted by molar-refractivity contribution is 5.80. The van der Waals surface area contributed by atoms with Gasteiger partial charge in [0.05, 0.1) is 0 Å². The van der Waals surface area contributed by atoms with Crippen molar-refractivity contribution >= 4 is 12.0 Å². The molecule has 0 aliphatic carbocycles. The van der Waals surface area contributed by atoms with Crippen LogP contribution >= 0.6 is 0 Å². The maximum absolute atomic E-state index is 9.84. The molecule has 0 aromatic carbocycles. The van der Waals surface area contributed by atoms with Gasteiger partial charge in [-0.2, -0.15) is 0 Å². The molecule has 0 radical (unpaired) electrons. The number of hydrogen-bond acceptors (Lipinski definition) is 4. The predicted octanol–water partition coefficient (Wildman–Crippen LogP) is 0.159. The number of carboxylic acid groups (broad SMARTS) is 1. The Hall–Kier alpha value is -1.59. The van der Waals surface area contributed by atoms with E-state index in [0.29, 0.717) is 0 Å². The fourth-order valence-corrected chi connectivity index (χ4v) is 0.328. The lowest BCUT2D eigenvalue weighted by atomic mass is 10.8. The molecular formula is C3H3N3O3. The van der Waals surface area contributed by atoms with Crippen LogP contribution in [0, 0.1) is 0 Å². The Balaban J connectivity index is 2.58. The predicted molar refractivity (Wildman–Crippen MR) is 25.9 cm³/mol. The summed E-state index contributed by atoms with van der Waals surface area (Å²) in [5.74, 6) is 0.0162. The van der Waals surface area contributed by atoms with Crippen molar-refractivity contribution in [3.05, 3.63) is 6.20 Å². The van der Waals surface area contributed by atoms with Crippen molar-refractivity contribution in [3.8, 4) is 0 Å². The second-order valence-corrected chi connectivity index (χ2v) is 1.21. The molecule has 0 saturated heterocycles. The number of anilines is 1. The summed E-state index contributed by atoms with van der Waals surface area (Å²) in [6.45, 7) is 0. The third kappa shape index (κ3) is 1.41. The molecule has 1 rings (SSSR count). The Morgan fingerprint density at radius 1 is 1.89 bits per heavy atom. The Morgan fingerprint density at radius 3 is 3.11 bits per heavy atom. The third-order valence-corrected chi connectivity index (χ3v) is 0.591. The minimum atomic E-state index is -1.20. The largest absolute Gasteiger partial charge is 0.465 e. The molecule has 0 aliphatic heterocycles. The van der Waals surface area contributed by atoms with Crippen LogP contribution < -0.4 is 5.32 Å². The molecule has 1 aromatic rings. The SMILES string of the molecule is O=C(O)Nc1cnno1. The van der Waals surface area contributed by atoms with Crippen LogP contribution in [-0.4, -0.2) is 21.6 Å². The molecule has 0 unspecified atom stereocenters. The fourth-order valence-electron chi connectivity index (χ4n) is 0.328. The van der Waals surface area contributed by atoms with E-state index >= 15 is 0 Å². The van der Waals surface area contributed by atoms with Crippen LogP contribution in [0.15, 0.2) is 10.7 Å². The Kier molecular flexibility index (Phi) is 1.31. The molecule has 9 heavy (non-hydrogen) atoms. The molecule has 1 heterocycles. The second-order valence-electron chi connectivity index (χ2n) is 1.21. The van der Waals surface area contributed by atoms with Crippen molar-refractivity contribution in [2.24, 2.45) is 0 Å². The lowest BCUT2D eigenvalue weighted by Crippen LogP contribution is -2.05. The van der Waals surface area contributed by atoms with Crippen LogP contribution in [0.1, 0.15) is 0 Å². The highest BCUT2D eigenvalue weighted by Crippen LogP contribution is 1.98. The number of carbonyl (C=O) groups is 1. The normalized spacial score (nSPS) is 8.89. The van der Waals surface area contributed by atoms with Crippen molar-refractivity contribution in [2.45, 2.75) is 0 Å². The summed E-state index contributed by atoms with van der Waals surface area (Å²) < 4.78 is 4.29. The van der Waals surface area contributed by atoms with E-state index < -0.39 is 6.09 Å². The molecule has 0 spiro atoms. The summed E-state index contributed by atoms with van der Waals surface area (Å²) in [6.07, 6.45) is -0.0396. The molecule has 48 valence electrons. The second kappa shape index (κ2) is 2.12. The summed E-state index contributed by atoms with van der Waals surface area (Å²) in [5.41, 5.74) is 0. The van der Waals surface area contributed by atoms with Gasteiger partial charge in [0.1, 0.15) is 6.20 Å². The summed E-state index contributed by atoms with van der Waals surface area (Å²) >= 11 is 0. The van der Waals surface area contributed by atoms with Crippen LogP contribution in [0.2, 0.25) is 0 Å². The van der Waals surface area contributed by atoms with E-state index in [1.54, 1.807) is 0 Å². The molecule has 1 aromatic heterocycles. The molecule has 6 heteroatoms. The maximum atomic E-state index is 9.84. The van der Waals surface area contributed by atoms with Gasteiger partial charge in [0.25, 0.3) is 5.88 Å². The van der Waals surface area contributed by atoms with Gasteiger partial charge in [0, 0.05) is 5.27 Å². The number of nitrogens with zero attached hydrogens (tertiary/aromatic N) is 2. The van der Waals surface area contributed by atoms with Crippen LogP contribution in [0.3, 0.4) is 0 Å². The number of nitrogens with one attached hydrogen (secondary N) is 1. The average molecular weight is 129 g/mol. The Labute approximate surface area is 49.5 Å². The van der Waals surface area contributed by atoms with Crippen LogP contribution in [0.25, 0.3) is 0 Å². The molecule has 6 nitrogen and oxygen atoms in total. The van der Waals surface area contributed by atoms with Crippen molar-refractivity contribution in [2.75, 3.05) is 5.32 Å². The Morgan fingerprint density at radius 2 is 2.67 bits per heavy atom. The van der Waals surface area contributed by atoms with E-state index in [9.17, 15) is 4.79 Å². The van der Waals surface area contributed by atoms with E-state index in [1.807, 2.05) is 5.32 Å². The first-order valence-electron chi connectivity index (χ1n) is 2.06. The zero-order chi connectivity index (χ0) is 6.69. The first-order chi connectivity index (χ1) is 4.29. The van der Waals surface area contributed by atoms with Gasteiger partial charge in [-0.25, -0.2) is 4.79 Å². The van der Waals surface area contributed by atoms with Gasteiger partial charge in [0.15, 0.2) is 0 Å². The Bertz CT molecular complexity index is 194. The number of amides is 1. The van der Waals surface area contributed by atoms with Crippen molar-refractivity contribution < 1.29 is 14.4 Å². The molecule has 2 N–H and O–H groups in total. The summed E-state index contributed by atoms with van der Waals surface area (Å²) in [6, 6.07) is 0. The van der Waals surface area contributed by atoms with Gasteiger partial charge in [-0.3, -0.25) is 5.32 Å². The van der Waals surface area contributed by atoms with E-state index in [2.05, 4.69) is 14.9 Å². The first-order valence-corrected chi connectivity index (χ1v) is 2.06. The number of hydrogen-bond donors (Lipinski definition) is 2. The van der Waals surface area contributed by atoms with E-state index in [1.165, 1.54) is 0 Å². The van der Waals surface area contributed by atoms with Gasteiger partial charge in [0.2, 0.25) is 0 Å². The van der Waals surface area contributed by atoms with Gasteiger partial charge >= 0.3 is 6.09 Å². The van der Waals surface area contributed by atoms with E-state index in [4.69, 9.17) is 5.11 Å².